The average molecular weight is 361 g/mol. The quantitative estimate of drug-likeness (QED) is 0.198. The van der Waals surface area contributed by atoms with E-state index in [4.69, 9.17) is 14.7 Å². The number of rotatable bonds is 6. The van der Waals surface area contributed by atoms with Crippen LogP contribution < -0.4 is 5.32 Å². The molecule has 0 radical (unpaired) electrons. The third kappa shape index (κ3) is 7.03. The third-order valence-corrected chi connectivity index (χ3v) is 5.97. The van der Waals surface area contributed by atoms with Gasteiger partial charge in [-0.25, -0.2) is 0 Å². The van der Waals surface area contributed by atoms with Gasteiger partial charge in [-0.3, -0.25) is 9.56 Å². The summed E-state index contributed by atoms with van der Waals surface area (Å²) < 4.78 is 11.4. The molecule has 6 N–H and O–H groups in total. The Morgan fingerprint density at radius 2 is 2.05 bits per heavy atom. The number of nitrogens with zero attached hydrogens (tertiary/aromatic N) is 1. The zero-order chi connectivity index (χ0) is 16.3. The van der Waals surface area contributed by atoms with Crippen LogP contribution in [0.1, 0.15) is 13.3 Å². The molecule has 0 aromatic heterocycles. The maximum absolute atomic E-state index is 11.4. The SMILES string of the molecule is CC(CS)C1CNCC(N=C(C[P+](O)(O)O)P(=O)(O)O)C1. The van der Waals surface area contributed by atoms with Gasteiger partial charge >= 0.3 is 15.5 Å². The van der Waals surface area contributed by atoms with Crippen LogP contribution in [0.3, 0.4) is 0 Å². The summed E-state index contributed by atoms with van der Waals surface area (Å²) >= 11 is 4.24. The van der Waals surface area contributed by atoms with Crippen LogP contribution in [0.2, 0.25) is 0 Å². The first kappa shape index (κ1) is 19.5. The van der Waals surface area contributed by atoms with Crippen molar-refractivity contribution in [2.45, 2.75) is 19.4 Å². The van der Waals surface area contributed by atoms with Gasteiger partial charge in [0.05, 0.1) is 6.04 Å². The van der Waals surface area contributed by atoms with Crippen LogP contribution in [0.5, 0.6) is 0 Å². The molecule has 1 heterocycles. The molecular formula is C10H23N2O6P2S+. The van der Waals surface area contributed by atoms with Gasteiger partial charge in [-0.2, -0.15) is 27.3 Å². The highest BCUT2D eigenvalue weighted by molar-refractivity contribution is 7.80. The second-order valence-corrected chi connectivity index (χ2v) is 9.08. The maximum atomic E-state index is 11.4. The van der Waals surface area contributed by atoms with Crippen LogP contribution in [0.15, 0.2) is 4.99 Å². The predicted molar refractivity (Wildman–Crippen MR) is 85.7 cm³/mol. The van der Waals surface area contributed by atoms with Crippen molar-refractivity contribution in [3.8, 4) is 0 Å². The first-order valence-corrected chi connectivity index (χ1v) is 10.6. The van der Waals surface area contributed by atoms with E-state index < -0.39 is 27.2 Å². The van der Waals surface area contributed by atoms with Gasteiger partial charge in [0.1, 0.15) is 0 Å². The highest BCUT2D eigenvalue weighted by Crippen LogP contribution is 2.50. The Labute approximate surface area is 129 Å². The summed E-state index contributed by atoms with van der Waals surface area (Å²) in [6.45, 7) is 3.28. The van der Waals surface area contributed by atoms with E-state index in [1.54, 1.807) is 0 Å². The Hall–Kier alpha value is 0.440. The van der Waals surface area contributed by atoms with Crippen molar-refractivity contribution in [3.63, 3.8) is 0 Å². The van der Waals surface area contributed by atoms with E-state index >= 15 is 0 Å². The van der Waals surface area contributed by atoms with Gasteiger partial charge in [-0.1, -0.05) is 6.92 Å². The normalized spacial score (nSPS) is 26.7. The topological polar surface area (TPSA) is 143 Å². The summed E-state index contributed by atoms with van der Waals surface area (Å²) in [6, 6.07) is -0.375. The number of thiol groups is 1. The molecule has 1 aliphatic rings. The molecule has 0 saturated carbocycles. The maximum Gasteiger partial charge on any atom is 0.410 e. The van der Waals surface area contributed by atoms with Crippen molar-refractivity contribution in [2.24, 2.45) is 16.8 Å². The van der Waals surface area contributed by atoms with Crippen molar-refractivity contribution in [1.29, 1.82) is 0 Å². The van der Waals surface area contributed by atoms with Gasteiger partial charge in [0.25, 0.3) is 0 Å². The molecule has 0 bridgehead atoms. The fourth-order valence-electron chi connectivity index (χ4n) is 2.24. The molecule has 0 amide bonds. The third-order valence-electron chi connectivity index (χ3n) is 3.48. The minimum Gasteiger partial charge on any atom is -0.320 e. The van der Waals surface area contributed by atoms with Gasteiger partial charge < -0.3 is 15.1 Å². The van der Waals surface area contributed by atoms with Crippen molar-refractivity contribution >= 4 is 33.6 Å². The first-order valence-electron chi connectivity index (χ1n) is 6.53. The standard InChI is InChI=1S/C10H22N2O6P2S/c1-7(6-21)8-2-9(4-11-3-8)12-10(20(16,17)18)5-19(13,14)15/h7-9,11,13-15H,2-6H2,1H3,(H2-,16,17,18,21)/p+1. The molecule has 3 unspecified atom stereocenters. The molecule has 1 fully saturated rings. The lowest BCUT2D eigenvalue weighted by Crippen LogP contribution is -2.41. The number of aliphatic imine (C=N–C) groups is 1. The van der Waals surface area contributed by atoms with Gasteiger partial charge in [-0.15, -0.1) is 0 Å². The van der Waals surface area contributed by atoms with Crippen molar-refractivity contribution in [3.05, 3.63) is 0 Å². The minimum absolute atomic E-state index is 0.278. The Bertz CT molecular complexity index is 424. The minimum atomic E-state index is -4.73. The van der Waals surface area contributed by atoms with E-state index in [-0.39, 0.29) is 12.0 Å². The smallest absolute Gasteiger partial charge is 0.320 e. The molecule has 124 valence electrons. The van der Waals surface area contributed by atoms with E-state index in [1.807, 2.05) is 6.92 Å². The summed E-state index contributed by atoms with van der Waals surface area (Å²) in [6.07, 6.45) is -0.271. The highest BCUT2D eigenvalue weighted by atomic mass is 32.1. The summed E-state index contributed by atoms with van der Waals surface area (Å²) in [7, 11) is -9.07. The lowest BCUT2D eigenvalue weighted by molar-refractivity contribution is 0.277. The Morgan fingerprint density at radius 3 is 2.52 bits per heavy atom. The monoisotopic (exact) mass is 361 g/mol. The second-order valence-electron chi connectivity index (χ2n) is 5.41. The van der Waals surface area contributed by atoms with Gasteiger partial charge in [-0.05, 0) is 30.6 Å². The first-order chi connectivity index (χ1) is 9.53. The molecule has 0 aromatic rings. The van der Waals surface area contributed by atoms with E-state index in [1.165, 1.54) is 0 Å². The molecule has 3 atom stereocenters. The molecule has 1 aliphatic heterocycles. The summed E-state index contributed by atoms with van der Waals surface area (Å²) in [5, 5.41) is 3.15. The molecule has 1 rings (SSSR count). The van der Waals surface area contributed by atoms with Crippen LogP contribution in [0, 0.1) is 11.8 Å². The number of piperidine rings is 1. The molecular weight excluding hydrogens is 338 g/mol. The van der Waals surface area contributed by atoms with Gasteiger partial charge in [0.2, 0.25) is 0 Å². The van der Waals surface area contributed by atoms with Crippen LogP contribution in [-0.4, -0.2) is 61.0 Å². The predicted octanol–water partition coefficient (Wildman–Crippen LogP) is -0.154. The lowest BCUT2D eigenvalue weighted by Gasteiger charge is -2.31. The summed E-state index contributed by atoms with van der Waals surface area (Å²) in [4.78, 5) is 49.5. The largest absolute Gasteiger partial charge is 0.410 e. The number of nitrogens with one attached hydrogen (secondary N) is 1. The van der Waals surface area contributed by atoms with Crippen LogP contribution >= 0.6 is 28.2 Å². The molecule has 21 heavy (non-hydrogen) atoms. The molecule has 0 aliphatic carbocycles. The molecule has 0 aromatic carbocycles. The fourth-order valence-corrected chi connectivity index (χ4v) is 4.62. The number of hydrogen-bond donors (Lipinski definition) is 7. The Kier molecular flexibility index (Phi) is 7.25. The van der Waals surface area contributed by atoms with Gasteiger partial charge in [0, 0.05) is 6.54 Å². The van der Waals surface area contributed by atoms with Crippen LogP contribution in [0.25, 0.3) is 0 Å². The molecule has 11 heteroatoms. The average Bonchev–Trinajstić information content (AvgIpc) is 2.34. The van der Waals surface area contributed by atoms with Crippen LogP contribution in [-0.2, 0) is 4.57 Å². The molecule has 0 spiro atoms. The molecule has 1 saturated heterocycles. The Balaban J connectivity index is 2.87. The van der Waals surface area contributed by atoms with Crippen molar-refractivity contribution in [2.75, 3.05) is 25.0 Å². The van der Waals surface area contributed by atoms with E-state index in [2.05, 4.69) is 22.9 Å². The van der Waals surface area contributed by atoms with E-state index in [0.29, 0.717) is 24.6 Å². The summed E-state index contributed by atoms with van der Waals surface area (Å²) in [5.74, 6) is 1.31. The van der Waals surface area contributed by atoms with Gasteiger partial charge in [0.15, 0.2) is 11.6 Å². The highest BCUT2D eigenvalue weighted by Gasteiger charge is 2.40. The lowest BCUT2D eigenvalue weighted by atomic mass is 9.86. The number of hydrogen-bond acceptors (Lipinski definition) is 7. The van der Waals surface area contributed by atoms with Crippen molar-refractivity contribution < 1.29 is 29.0 Å². The summed E-state index contributed by atoms with van der Waals surface area (Å²) in [5.41, 5.74) is -0.658. The Morgan fingerprint density at radius 1 is 1.43 bits per heavy atom. The van der Waals surface area contributed by atoms with Crippen molar-refractivity contribution in [1.82, 2.24) is 5.32 Å². The fraction of sp³-hybridized carbons (Fsp3) is 0.900. The zero-order valence-corrected chi connectivity index (χ0v) is 14.4. The van der Waals surface area contributed by atoms with E-state index in [9.17, 15) is 14.4 Å². The molecule has 8 nitrogen and oxygen atoms in total. The van der Waals surface area contributed by atoms with E-state index in [0.717, 1.165) is 6.54 Å². The van der Waals surface area contributed by atoms with Crippen LogP contribution in [0.4, 0.5) is 0 Å². The second kappa shape index (κ2) is 7.81. The zero-order valence-electron chi connectivity index (χ0n) is 11.7.